The minimum atomic E-state index is -5.23. The molecular weight excluding hydrogens is 661 g/mol. The van der Waals surface area contributed by atoms with Crippen molar-refractivity contribution in [3.8, 4) is 28.4 Å². The summed E-state index contributed by atoms with van der Waals surface area (Å²) in [6, 6.07) is 14.5. The van der Waals surface area contributed by atoms with Crippen molar-refractivity contribution >= 4 is 0 Å². The van der Waals surface area contributed by atoms with Crippen LogP contribution in [0.5, 0.6) is 5.75 Å². The van der Waals surface area contributed by atoms with Gasteiger partial charge in [0.05, 0.1) is 12.7 Å². The molecule has 0 aliphatic heterocycles. The van der Waals surface area contributed by atoms with Gasteiger partial charge in [-0.2, -0.15) is 26.3 Å². The minimum Gasteiger partial charge on any atom is -0.573 e. The third kappa shape index (κ3) is 7.09. The van der Waals surface area contributed by atoms with Gasteiger partial charge in [0.25, 0.3) is 0 Å². The molecule has 0 atom stereocenters. The maximum Gasteiger partial charge on any atom is 0.432 e. The van der Waals surface area contributed by atoms with E-state index in [2.05, 4.69) is 26.2 Å². The molecule has 0 aliphatic rings. The summed E-state index contributed by atoms with van der Waals surface area (Å²) in [6.07, 6.45) is -7.66. The van der Waals surface area contributed by atoms with E-state index in [4.69, 9.17) is 4.74 Å². The predicted molar refractivity (Wildman–Crippen MR) is 106 cm³/mol. The van der Waals surface area contributed by atoms with Gasteiger partial charge in [0.15, 0.2) is 0 Å². The molecule has 0 unspecified atom stereocenters. The van der Waals surface area contributed by atoms with E-state index in [1.165, 1.54) is 24.3 Å². The number of alkyl halides is 6. The normalized spacial score (nSPS) is 11.2. The van der Waals surface area contributed by atoms with Gasteiger partial charge < -0.3 is 19.9 Å². The molecule has 0 spiro atoms. The van der Waals surface area contributed by atoms with Crippen LogP contribution in [0.15, 0.2) is 60.9 Å². The Bertz CT molecular complexity index is 1230. The smallest absolute Gasteiger partial charge is 0.432 e. The summed E-state index contributed by atoms with van der Waals surface area (Å²) < 4.78 is 93.4. The summed E-state index contributed by atoms with van der Waals surface area (Å²) in [6.45, 7) is 0. The van der Waals surface area contributed by atoms with Crippen molar-refractivity contribution in [1.82, 2.24) is 20.2 Å². The predicted octanol–water partition coefficient (Wildman–Crippen LogP) is 5.83. The Hall–Kier alpha value is -3.31. The van der Waals surface area contributed by atoms with Crippen LogP contribution in [0.4, 0.5) is 30.7 Å². The summed E-state index contributed by atoms with van der Waals surface area (Å²) in [4.78, 5) is 7.70. The molecule has 4 rings (SSSR count). The average molecular weight is 675 g/mol. The SMILES string of the molecule is COc1ccnc(-c2[c-]cc(F)cc2)c1.FC(F)(F)c1n[n-]c(-c2ccccn2)c1C(F)(F)F.[Ir]. The Labute approximate surface area is 207 Å². The van der Waals surface area contributed by atoms with Gasteiger partial charge in [-0.3, -0.25) is 9.37 Å². The van der Waals surface area contributed by atoms with Gasteiger partial charge in [-0.15, -0.1) is 29.8 Å². The van der Waals surface area contributed by atoms with Crippen molar-refractivity contribution in [2.24, 2.45) is 0 Å². The number of methoxy groups -OCH3 is 1. The molecule has 13 heteroatoms. The quantitative estimate of drug-likeness (QED) is 0.202. The number of pyridine rings is 2. The van der Waals surface area contributed by atoms with E-state index in [-0.39, 0.29) is 31.6 Å². The summed E-state index contributed by atoms with van der Waals surface area (Å²) in [5.41, 5.74) is -3.76. The molecule has 0 saturated heterocycles. The molecule has 3 heterocycles. The van der Waals surface area contributed by atoms with Gasteiger partial charge in [0.1, 0.15) is 11.4 Å². The Balaban J connectivity index is 0.000000246. The second-order valence-electron chi connectivity index (χ2n) is 6.48. The number of aromatic nitrogens is 4. The van der Waals surface area contributed by atoms with Crippen molar-refractivity contribution in [3.63, 3.8) is 0 Å². The van der Waals surface area contributed by atoms with Crippen molar-refractivity contribution in [2.45, 2.75) is 12.4 Å². The van der Waals surface area contributed by atoms with Crippen LogP contribution < -0.4 is 9.84 Å². The molecule has 187 valence electrons. The van der Waals surface area contributed by atoms with Crippen molar-refractivity contribution in [2.75, 3.05) is 7.11 Å². The average Bonchev–Trinajstić information content (AvgIpc) is 3.27. The largest absolute Gasteiger partial charge is 0.573 e. The zero-order chi connectivity index (χ0) is 24.9. The number of nitrogens with zero attached hydrogens (tertiary/aromatic N) is 4. The van der Waals surface area contributed by atoms with Crippen LogP contribution in [0.25, 0.3) is 22.6 Å². The first-order valence-corrected chi connectivity index (χ1v) is 9.27. The molecule has 4 aromatic rings. The van der Waals surface area contributed by atoms with Gasteiger partial charge in [-0.05, 0) is 30.0 Å². The molecule has 0 bridgehead atoms. The van der Waals surface area contributed by atoms with E-state index in [0.717, 1.165) is 23.6 Å². The number of halogens is 7. The standard InChI is InChI=1S/C12H9FNO.C10H4F6N3.Ir/c1-15-11-6-7-14-12(8-11)9-2-4-10(13)5-3-9;11-9(12,13)6-7(5-3-1-2-4-17-5)18-19-8(6)10(14,15)16;/h2,4-8H,1H3;1-4H;/q2*-1;. The maximum atomic E-state index is 12.8. The van der Waals surface area contributed by atoms with Crippen LogP contribution in [0.2, 0.25) is 0 Å². The molecule has 0 aliphatic carbocycles. The monoisotopic (exact) mass is 675 g/mol. The molecule has 0 saturated carbocycles. The van der Waals surface area contributed by atoms with Crippen LogP contribution in [0.3, 0.4) is 0 Å². The number of hydrogen-bond donors (Lipinski definition) is 0. The first kappa shape index (κ1) is 27.9. The molecule has 1 aromatic carbocycles. The van der Waals surface area contributed by atoms with E-state index in [0.29, 0.717) is 5.69 Å². The first-order valence-electron chi connectivity index (χ1n) is 9.27. The number of benzene rings is 1. The van der Waals surface area contributed by atoms with Gasteiger partial charge in [-0.1, -0.05) is 11.8 Å². The summed E-state index contributed by atoms with van der Waals surface area (Å²) >= 11 is 0. The Morgan fingerprint density at radius 3 is 2.14 bits per heavy atom. The Morgan fingerprint density at radius 1 is 0.886 bits per heavy atom. The fraction of sp³-hybridized carbons (Fsp3) is 0.136. The van der Waals surface area contributed by atoms with Crippen LogP contribution in [0, 0.1) is 11.9 Å². The van der Waals surface area contributed by atoms with E-state index < -0.39 is 29.3 Å². The first-order chi connectivity index (χ1) is 16.0. The summed E-state index contributed by atoms with van der Waals surface area (Å²) in [5, 5.41) is 5.56. The maximum absolute atomic E-state index is 12.8. The van der Waals surface area contributed by atoms with Gasteiger partial charge in [0.2, 0.25) is 0 Å². The number of hydrogen-bond acceptors (Lipinski definition) is 4. The molecule has 3 aromatic heterocycles. The van der Waals surface area contributed by atoms with Crippen LogP contribution >= 0.6 is 0 Å². The minimum absolute atomic E-state index is 0. The van der Waals surface area contributed by atoms with Gasteiger partial charge >= 0.3 is 12.4 Å². The Morgan fingerprint density at radius 2 is 1.60 bits per heavy atom. The topological polar surface area (TPSA) is 62.0 Å². The van der Waals surface area contributed by atoms with Crippen molar-refractivity contribution in [1.29, 1.82) is 0 Å². The molecule has 35 heavy (non-hydrogen) atoms. The van der Waals surface area contributed by atoms with E-state index in [1.54, 1.807) is 31.5 Å². The molecule has 0 N–H and O–H groups in total. The zero-order valence-corrected chi connectivity index (χ0v) is 19.8. The van der Waals surface area contributed by atoms with E-state index in [1.807, 2.05) is 0 Å². The molecule has 0 amide bonds. The van der Waals surface area contributed by atoms with Gasteiger partial charge in [0, 0.05) is 44.0 Å². The second kappa shape index (κ2) is 11.4. The number of ether oxygens (including phenoxy) is 1. The number of rotatable bonds is 3. The van der Waals surface area contributed by atoms with Crippen molar-refractivity contribution < 1.29 is 55.6 Å². The fourth-order valence-corrected chi connectivity index (χ4v) is 2.71. The van der Waals surface area contributed by atoms with Crippen LogP contribution in [-0.2, 0) is 32.5 Å². The second-order valence-corrected chi connectivity index (χ2v) is 6.48. The molecule has 1 radical (unpaired) electrons. The summed E-state index contributed by atoms with van der Waals surface area (Å²) in [5.74, 6) is 0.416. The third-order valence-electron chi connectivity index (χ3n) is 4.20. The van der Waals surface area contributed by atoms with Crippen LogP contribution in [-0.4, -0.2) is 22.2 Å². The molecule has 0 fully saturated rings. The fourth-order valence-electron chi connectivity index (χ4n) is 2.71. The molecule has 5 nitrogen and oxygen atoms in total. The van der Waals surface area contributed by atoms with Crippen LogP contribution in [0.1, 0.15) is 11.3 Å². The van der Waals surface area contributed by atoms with E-state index >= 15 is 0 Å². The van der Waals surface area contributed by atoms with Gasteiger partial charge in [-0.25, -0.2) is 0 Å². The summed E-state index contributed by atoms with van der Waals surface area (Å²) in [7, 11) is 1.59. The van der Waals surface area contributed by atoms with E-state index in [9.17, 15) is 30.7 Å². The Kier molecular flexibility index (Phi) is 9.11. The zero-order valence-electron chi connectivity index (χ0n) is 17.4. The third-order valence-corrected chi connectivity index (χ3v) is 4.20. The molecular formula is C22H13F7IrN4O-2. The van der Waals surface area contributed by atoms with Crippen molar-refractivity contribution in [3.05, 3.63) is 84.1 Å².